The first-order valence-electron chi connectivity index (χ1n) is 6.60. The number of halogens is 1. The first kappa shape index (κ1) is 14.8. The van der Waals surface area contributed by atoms with Crippen LogP contribution in [0.3, 0.4) is 0 Å². The minimum absolute atomic E-state index is 0.0758. The number of hydrogen-bond acceptors (Lipinski definition) is 4. The van der Waals surface area contributed by atoms with Crippen LogP contribution in [0.1, 0.15) is 30.2 Å². The highest BCUT2D eigenvalue weighted by Gasteiger charge is 2.33. The molecule has 0 aliphatic carbocycles. The van der Waals surface area contributed by atoms with Crippen molar-refractivity contribution in [2.75, 3.05) is 20.1 Å². The van der Waals surface area contributed by atoms with Gasteiger partial charge in [0.2, 0.25) is 5.91 Å². The van der Waals surface area contributed by atoms with Crippen LogP contribution in [0.5, 0.6) is 0 Å². The van der Waals surface area contributed by atoms with Crippen molar-refractivity contribution in [1.29, 1.82) is 0 Å². The molecule has 6 heteroatoms. The van der Waals surface area contributed by atoms with Gasteiger partial charge >= 0.3 is 0 Å². The lowest BCUT2D eigenvalue weighted by Gasteiger charge is -2.39. The summed E-state index contributed by atoms with van der Waals surface area (Å²) in [6.07, 6.45) is 3.11. The number of nitrogens with zero attached hydrogens (tertiary/aromatic N) is 1. The Bertz CT molecular complexity index is 437. The summed E-state index contributed by atoms with van der Waals surface area (Å²) in [7, 11) is 1.69. The normalized spacial score (nSPS) is 22.2. The maximum Gasteiger partial charge on any atom is 0.237 e. The van der Waals surface area contributed by atoms with Crippen LogP contribution in [0, 0.1) is 0 Å². The maximum atomic E-state index is 12.0. The van der Waals surface area contributed by atoms with Gasteiger partial charge in [0.25, 0.3) is 0 Å². The number of rotatable bonds is 4. The van der Waals surface area contributed by atoms with Crippen LogP contribution in [0.25, 0.3) is 0 Å². The summed E-state index contributed by atoms with van der Waals surface area (Å²) in [6, 6.07) is 3.91. The quantitative estimate of drug-likeness (QED) is 0.894. The molecule has 1 amide bonds. The van der Waals surface area contributed by atoms with Gasteiger partial charge in [-0.1, -0.05) is 18.0 Å². The second-order valence-corrected chi connectivity index (χ2v) is 6.50. The predicted molar refractivity (Wildman–Crippen MR) is 79.5 cm³/mol. The fourth-order valence-electron chi connectivity index (χ4n) is 2.70. The second-order valence-electron chi connectivity index (χ2n) is 4.76. The molecular formula is C13H20ClN3OS. The van der Waals surface area contributed by atoms with Gasteiger partial charge in [-0.05, 0) is 31.5 Å². The maximum absolute atomic E-state index is 12.0. The molecule has 2 heterocycles. The summed E-state index contributed by atoms with van der Waals surface area (Å²) in [6.45, 7) is 1.42. The van der Waals surface area contributed by atoms with Gasteiger partial charge < -0.3 is 11.1 Å². The average molecular weight is 302 g/mol. The monoisotopic (exact) mass is 301 g/mol. The van der Waals surface area contributed by atoms with Crippen molar-refractivity contribution < 1.29 is 4.79 Å². The Morgan fingerprint density at radius 1 is 1.63 bits per heavy atom. The minimum atomic E-state index is -0.0758. The Labute approximate surface area is 122 Å². The van der Waals surface area contributed by atoms with Crippen LogP contribution >= 0.6 is 22.9 Å². The number of nitrogens with one attached hydrogen (secondary N) is 1. The SMILES string of the molecule is CNC(=O)C1CCCCN1C(CN)c1ccc(Cl)s1. The Morgan fingerprint density at radius 3 is 3.00 bits per heavy atom. The van der Waals surface area contributed by atoms with E-state index in [4.69, 9.17) is 17.3 Å². The summed E-state index contributed by atoms with van der Waals surface area (Å²) < 4.78 is 0.766. The molecule has 3 N–H and O–H groups in total. The molecule has 1 aromatic heterocycles. The number of likely N-dealkylation sites (N-methyl/N-ethyl adjacent to an activating group) is 1. The third-order valence-electron chi connectivity index (χ3n) is 3.64. The molecule has 0 spiro atoms. The summed E-state index contributed by atoms with van der Waals surface area (Å²) in [5, 5.41) is 2.76. The Morgan fingerprint density at radius 2 is 2.42 bits per heavy atom. The summed E-state index contributed by atoms with van der Waals surface area (Å²) >= 11 is 7.55. The van der Waals surface area contributed by atoms with E-state index in [2.05, 4.69) is 10.2 Å². The highest BCUT2D eigenvalue weighted by molar-refractivity contribution is 7.16. The third-order valence-corrected chi connectivity index (χ3v) is 4.97. The predicted octanol–water partition coefficient (Wildman–Crippen LogP) is 2.00. The van der Waals surface area contributed by atoms with Crippen LogP contribution < -0.4 is 11.1 Å². The molecule has 0 bridgehead atoms. The molecule has 1 aliphatic heterocycles. The number of hydrogen-bond donors (Lipinski definition) is 2. The van der Waals surface area contributed by atoms with E-state index in [0.717, 1.165) is 35.0 Å². The fraction of sp³-hybridized carbons (Fsp3) is 0.615. The smallest absolute Gasteiger partial charge is 0.237 e. The summed E-state index contributed by atoms with van der Waals surface area (Å²) in [5.41, 5.74) is 5.94. The van der Waals surface area contributed by atoms with E-state index in [0.29, 0.717) is 6.54 Å². The molecule has 106 valence electrons. The number of nitrogens with two attached hydrogens (primary N) is 1. The molecule has 4 nitrogen and oxygen atoms in total. The van der Waals surface area contributed by atoms with Gasteiger partial charge in [0.05, 0.1) is 16.4 Å². The number of carbonyl (C=O) groups excluding carboxylic acids is 1. The van der Waals surface area contributed by atoms with Crippen molar-refractivity contribution in [1.82, 2.24) is 10.2 Å². The van der Waals surface area contributed by atoms with Crippen molar-refractivity contribution in [3.05, 3.63) is 21.3 Å². The van der Waals surface area contributed by atoms with Crippen molar-refractivity contribution in [3.8, 4) is 0 Å². The van der Waals surface area contributed by atoms with E-state index in [1.165, 1.54) is 0 Å². The molecule has 2 rings (SSSR count). The Kier molecular flexibility index (Phi) is 5.21. The summed E-state index contributed by atoms with van der Waals surface area (Å²) in [4.78, 5) is 15.4. The zero-order chi connectivity index (χ0) is 13.8. The van der Waals surface area contributed by atoms with Crippen LogP contribution in [-0.2, 0) is 4.79 Å². The zero-order valence-corrected chi connectivity index (χ0v) is 12.6. The number of carbonyl (C=O) groups is 1. The van der Waals surface area contributed by atoms with E-state index in [1.807, 2.05) is 12.1 Å². The fourth-order valence-corrected chi connectivity index (χ4v) is 3.89. The highest BCUT2D eigenvalue weighted by atomic mass is 35.5. The van der Waals surface area contributed by atoms with Gasteiger partial charge in [-0.25, -0.2) is 0 Å². The van der Waals surface area contributed by atoms with E-state index in [-0.39, 0.29) is 18.0 Å². The van der Waals surface area contributed by atoms with Crippen molar-refractivity contribution in [2.24, 2.45) is 5.73 Å². The van der Waals surface area contributed by atoms with Gasteiger partial charge in [0.1, 0.15) is 0 Å². The first-order chi connectivity index (χ1) is 9.17. The molecule has 2 unspecified atom stereocenters. The van der Waals surface area contributed by atoms with Gasteiger partial charge in [0, 0.05) is 18.5 Å². The largest absolute Gasteiger partial charge is 0.358 e. The van der Waals surface area contributed by atoms with Crippen LogP contribution in [0.15, 0.2) is 12.1 Å². The van der Waals surface area contributed by atoms with Crippen molar-refractivity contribution in [2.45, 2.75) is 31.3 Å². The number of amides is 1. The molecule has 0 radical (unpaired) electrons. The van der Waals surface area contributed by atoms with E-state index >= 15 is 0 Å². The topological polar surface area (TPSA) is 58.4 Å². The molecule has 0 aromatic carbocycles. The lowest BCUT2D eigenvalue weighted by Crippen LogP contribution is -2.51. The standard InChI is InChI=1S/C13H20ClN3OS/c1-16-13(18)9-4-2-3-7-17(9)10(8-15)11-5-6-12(14)19-11/h5-6,9-10H,2-4,7-8,15H2,1H3,(H,16,18). The van der Waals surface area contributed by atoms with Crippen molar-refractivity contribution in [3.63, 3.8) is 0 Å². The molecule has 1 aliphatic rings. The molecule has 1 fully saturated rings. The Balaban J connectivity index is 2.21. The molecule has 1 saturated heterocycles. The van der Waals surface area contributed by atoms with E-state index < -0.39 is 0 Å². The van der Waals surface area contributed by atoms with Gasteiger partial charge in [0.15, 0.2) is 0 Å². The van der Waals surface area contributed by atoms with Crippen LogP contribution in [-0.4, -0.2) is 37.0 Å². The Hall–Kier alpha value is -0.620. The average Bonchev–Trinajstić information content (AvgIpc) is 2.86. The number of likely N-dealkylation sites (tertiary alicyclic amines) is 1. The number of thiophene rings is 1. The third kappa shape index (κ3) is 3.28. The van der Waals surface area contributed by atoms with Gasteiger partial charge in [-0.3, -0.25) is 9.69 Å². The van der Waals surface area contributed by atoms with E-state index in [1.54, 1.807) is 18.4 Å². The molecular weight excluding hydrogens is 282 g/mol. The highest BCUT2D eigenvalue weighted by Crippen LogP contribution is 2.33. The van der Waals surface area contributed by atoms with Crippen molar-refractivity contribution >= 4 is 28.8 Å². The van der Waals surface area contributed by atoms with Crippen LogP contribution in [0.2, 0.25) is 4.34 Å². The number of piperidine rings is 1. The molecule has 19 heavy (non-hydrogen) atoms. The van der Waals surface area contributed by atoms with Gasteiger partial charge in [-0.15, -0.1) is 11.3 Å². The summed E-state index contributed by atoms with van der Waals surface area (Å²) in [5.74, 6) is 0.0841. The van der Waals surface area contributed by atoms with Gasteiger partial charge in [-0.2, -0.15) is 0 Å². The second kappa shape index (κ2) is 6.70. The lowest BCUT2D eigenvalue weighted by molar-refractivity contribution is -0.128. The zero-order valence-electron chi connectivity index (χ0n) is 11.1. The molecule has 0 saturated carbocycles. The first-order valence-corrected chi connectivity index (χ1v) is 7.79. The molecule has 2 atom stereocenters. The van der Waals surface area contributed by atoms with E-state index in [9.17, 15) is 4.79 Å². The minimum Gasteiger partial charge on any atom is -0.358 e. The lowest BCUT2D eigenvalue weighted by atomic mass is 9.98. The van der Waals surface area contributed by atoms with Crippen LogP contribution in [0.4, 0.5) is 0 Å². The molecule has 1 aromatic rings.